The Hall–Kier alpha value is -2.85. The van der Waals surface area contributed by atoms with E-state index >= 15 is 0 Å². The van der Waals surface area contributed by atoms with Crippen molar-refractivity contribution in [3.8, 4) is 11.5 Å². The molecule has 1 N–H and O–H groups in total. The molecule has 2 aromatic carbocycles. The van der Waals surface area contributed by atoms with Crippen LogP contribution < -0.4 is 9.47 Å². The van der Waals surface area contributed by atoms with E-state index in [9.17, 15) is 5.11 Å². The van der Waals surface area contributed by atoms with E-state index in [0.29, 0.717) is 17.1 Å². The maximum atomic E-state index is 11.7. The van der Waals surface area contributed by atoms with Crippen LogP contribution in [0.4, 0.5) is 0 Å². The molecule has 0 aliphatic rings. The highest BCUT2D eigenvalue weighted by Crippen LogP contribution is 2.45. The van der Waals surface area contributed by atoms with Crippen LogP contribution >= 0.6 is 0 Å². The largest absolute Gasteiger partial charge is 0.497 e. The molecular formula is C22H23NO3. The van der Waals surface area contributed by atoms with E-state index in [1.54, 1.807) is 27.3 Å². The number of hydrogen-bond donors (Lipinski definition) is 1. The molecule has 2 atom stereocenters. The molecule has 0 aliphatic heterocycles. The fraction of sp³-hybridized carbons (Fsp3) is 0.227. The Morgan fingerprint density at radius 1 is 0.923 bits per heavy atom. The summed E-state index contributed by atoms with van der Waals surface area (Å²) >= 11 is 0. The zero-order valence-corrected chi connectivity index (χ0v) is 15.2. The van der Waals surface area contributed by atoms with E-state index in [1.807, 2.05) is 66.7 Å². The van der Waals surface area contributed by atoms with Gasteiger partial charge in [0, 0.05) is 11.8 Å². The number of pyridine rings is 1. The predicted octanol–water partition coefficient (Wildman–Crippen LogP) is 4.14. The van der Waals surface area contributed by atoms with Crippen LogP contribution in [-0.4, -0.2) is 24.3 Å². The molecule has 0 bridgehead atoms. The molecule has 3 rings (SSSR count). The topological polar surface area (TPSA) is 51.6 Å². The third kappa shape index (κ3) is 3.41. The molecular weight excluding hydrogens is 326 g/mol. The third-order valence-corrected chi connectivity index (χ3v) is 4.63. The maximum absolute atomic E-state index is 11.7. The van der Waals surface area contributed by atoms with Gasteiger partial charge < -0.3 is 14.6 Å². The number of rotatable bonds is 6. The van der Waals surface area contributed by atoms with Crippen LogP contribution in [0.1, 0.15) is 29.7 Å². The summed E-state index contributed by atoms with van der Waals surface area (Å²) in [5.74, 6) is 0.896. The molecule has 0 aliphatic carbocycles. The van der Waals surface area contributed by atoms with E-state index in [1.165, 1.54) is 0 Å². The van der Waals surface area contributed by atoms with Gasteiger partial charge in [-0.3, -0.25) is 4.98 Å². The van der Waals surface area contributed by atoms with Gasteiger partial charge in [-0.05, 0) is 42.8 Å². The van der Waals surface area contributed by atoms with Gasteiger partial charge >= 0.3 is 0 Å². The van der Waals surface area contributed by atoms with Gasteiger partial charge in [-0.2, -0.15) is 0 Å². The number of ether oxygens (including phenoxy) is 2. The van der Waals surface area contributed by atoms with Crippen LogP contribution in [0.2, 0.25) is 0 Å². The van der Waals surface area contributed by atoms with Crippen molar-refractivity contribution in [3.05, 3.63) is 89.7 Å². The van der Waals surface area contributed by atoms with Crippen molar-refractivity contribution < 1.29 is 14.6 Å². The fourth-order valence-corrected chi connectivity index (χ4v) is 3.34. The number of aliphatic hydroxyl groups is 1. The summed E-state index contributed by atoms with van der Waals surface area (Å²) in [6, 6.07) is 21.1. The summed E-state index contributed by atoms with van der Waals surface area (Å²) in [6.07, 6.45) is 1.74. The molecule has 0 amide bonds. The summed E-state index contributed by atoms with van der Waals surface area (Å²) in [5.41, 5.74) is 1.14. The molecule has 0 spiro atoms. The number of benzene rings is 2. The minimum atomic E-state index is -1.27. The van der Waals surface area contributed by atoms with Crippen molar-refractivity contribution in [1.29, 1.82) is 0 Å². The Morgan fingerprint density at radius 3 is 2.27 bits per heavy atom. The molecule has 26 heavy (non-hydrogen) atoms. The van der Waals surface area contributed by atoms with Gasteiger partial charge in [0.15, 0.2) is 0 Å². The average Bonchev–Trinajstić information content (AvgIpc) is 2.69. The zero-order chi connectivity index (χ0) is 18.6. The van der Waals surface area contributed by atoms with Crippen molar-refractivity contribution in [1.82, 2.24) is 4.98 Å². The fourth-order valence-electron chi connectivity index (χ4n) is 3.34. The first-order chi connectivity index (χ1) is 12.6. The average molecular weight is 349 g/mol. The molecule has 4 nitrogen and oxygen atoms in total. The van der Waals surface area contributed by atoms with Gasteiger partial charge in [0.2, 0.25) is 0 Å². The minimum absolute atomic E-state index is 0.370. The van der Waals surface area contributed by atoms with Crippen LogP contribution in [0.5, 0.6) is 11.5 Å². The van der Waals surface area contributed by atoms with Crippen LogP contribution in [0.25, 0.3) is 0 Å². The summed E-state index contributed by atoms with van der Waals surface area (Å²) in [4.78, 5) is 4.51. The van der Waals surface area contributed by atoms with E-state index in [-0.39, 0.29) is 5.92 Å². The van der Waals surface area contributed by atoms with Gasteiger partial charge in [0.25, 0.3) is 0 Å². The summed E-state index contributed by atoms with van der Waals surface area (Å²) in [5, 5.41) is 11.7. The van der Waals surface area contributed by atoms with Crippen LogP contribution in [0.3, 0.4) is 0 Å². The molecule has 1 heterocycles. The van der Waals surface area contributed by atoms with E-state index in [4.69, 9.17) is 9.47 Å². The highest BCUT2D eigenvalue weighted by Gasteiger charge is 2.39. The van der Waals surface area contributed by atoms with Crippen molar-refractivity contribution >= 4 is 0 Å². The predicted molar refractivity (Wildman–Crippen MR) is 102 cm³/mol. The molecule has 134 valence electrons. The lowest BCUT2D eigenvalue weighted by Gasteiger charge is -2.34. The summed E-state index contributed by atoms with van der Waals surface area (Å²) in [6.45, 7) is 1.79. The van der Waals surface area contributed by atoms with Crippen molar-refractivity contribution in [3.63, 3.8) is 0 Å². The lowest BCUT2D eigenvalue weighted by atomic mass is 9.76. The van der Waals surface area contributed by atoms with Crippen LogP contribution in [0.15, 0.2) is 72.9 Å². The highest BCUT2D eigenvalue weighted by atomic mass is 16.5. The molecule has 3 aromatic rings. The Morgan fingerprint density at radius 2 is 1.65 bits per heavy atom. The number of methoxy groups -OCH3 is 2. The Balaban J connectivity index is 2.20. The number of hydrogen-bond acceptors (Lipinski definition) is 4. The molecule has 0 radical (unpaired) electrons. The minimum Gasteiger partial charge on any atom is -0.497 e. The first-order valence-electron chi connectivity index (χ1n) is 8.48. The molecule has 1 aromatic heterocycles. The lowest BCUT2D eigenvalue weighted by molar-refractivity contribution is 0.0354. The molecule has 0 saturated heterocycles. The first kappa shape index (κ1) is 18.0. The van der Waals surface area contributed by atoms with E-state index in [2.05, 4.69) is 4.98 Å². The second-order valence-corrected chi connectivity index (χ2v) is 6.31. The van der Waals surface area contributed by atoms with Crippen LogP contribution in [-0.2, 0) is 5.60 Å². The lowest BCUT2D eigenvalue weighted by Crippen LogP contribution is -2.32. The van der Waals surface area contributed by atoms with Crippen LogP contribution in [0, 0.1) is 0 Å². The standard InChI is InChI=1S/C22H23NO3/c1-22(24,18-15-17(25-2)12-13-20(18)26-3)21(16-9-5-4-6-10-16)19-11-7-8-14-23-19/h4-15,21,24H,1-3H3/t21-,22+/m0/s1. The Kier molecular flexibility index (Phi) is 5.24. The Labute approximate surface area is 154 Å². The van der Waals surface area contributed by atoms with Crippen molar-refractivity contribution in [2.45, 2.75) is 18.4 Å². The zero-order valence-electron chi connectivity index (χ0n) is 15.2. The van der Waals surface area contributed by atoms with Gasteiger partial charge in [-0.1, -0.05) is 36.4 Å². The SMILES string of the molecule is COc1ccc(OC)c([C@@](C)(O)[C@@H](c2ccccc2)c2ccccn2)c1. The van der Waals surface area contributed by atoms with Crippen molar-refractivity contribution in [2.24, 2.45) is 0 Å². The smallest absolute Gasteiger partial charge is 0.125 e. The highest BCUT2D eigenvalue weighted by molar-refractivity contribution is 5.47. The molecule has 0 unspecified atom stereocenters. The summed E-state index contributed by atoms with van der Waals surface area (Å²) in [7, 11) is 3.20. The number of aromatic nitrogens is 1. The van der Waals surface area contributed by atoms with E-state index in [0.717, 1.165) is 11.3 Å². The van der Waals surface area contributed by atoms with Gasteiger partial charge in [0.05, 0.1) is 25.8 Å². The van der Waals surface area contributed by atoms with Gasteiger partial charge in [0.1, 0.15) is 17.1 Å². The van der Waals surface area contributed by atoms with E-state index < -0.39 is 5.60 Å². The molecule has 0 fully saturated rings. The monoisotopic (exact) mass is 349 g/mol. The number of nitrogens with zero attached hydrogens (tertiary/aromatic N) is 1. The van der Waals surface area contributed by atoms with Crippen molar-refractivity contribution in [2.75, 3.05) is 14.2 Å². The quantitative estimate of drug-likeness (QED) is 0.727. The second kappa shape index (κ2) is 7.58. The summed E-state index contributed by atoms with van der Waals surface area (Å²) < 4.78 is 10.9. The van der Waals surface area contributed by atoms with Gasteiger partial charge in [-0.25, -0.2) is 0 Å². The van der Waals surface area contributed by atoms with Gasteiger partial charge in [-0.15, -0.1) is 0 Å². The maximum Gasteiger partial charge on any atom is 0.125 e. The molecule has 4 heteroatoms. The molecule has 0 saturated carbocycles. The second-order valence-electron chi connectivity index (χ2n) is 6.31. The normalized spacial score (nSPS) is 14.3. The first-order valence-corrected chi connectivity index (χ1v) is 8.48. The Bertz CT molecular complexity index is 808. The third-order valence-electron chi connectivity index (χ3n) is 4.63.